The van der Waals surface area contributed by atoms with E-state index in [2.05, 4.69) is 34.3 Å². The van der Waals surface area contributed by atoms with Crippen molar-refractivity contribution in [2.45, 2.75) is 12.5 Å². The number of carbonyl (C=O) groups excluding carboxylic acids is 1. The van der Waals surface area contributed by atoms with Gasteiger partial charge in [0.15, 0.2) is 0 Å². The lowest BCUT2D eigenvalue weighted by atomic mass is 9.87. The van der Waals surface area contributed by atoms with Crippen LogP contribution in [0.15, 0.2) is 85.1 Å². The molecule has 0 aliphatic carbocycles. The normalized spacial score (nSPS) is 12.9. The van der Waals surface area contributed by atoms with E-state index in [0.717, 1.165) is 29.2 Å². The van der Waals surface area contributed by atoms with E-state index in [4.69, 9.17) is 4.74 Å². The van der Waals surface area contributed by atoms with Crippen molar-refractivity contribution in [3.8, 4) is 11.5 Å². The molecule has 3 aromatic carbocycles. The first-order chi connectivity index (χ1) is 13.8. The second-order valence-electron chi connectivity index (χ2n) is 6.97. The molecule has 0 spiro atoms. The van der Waals surface area contributed by atoms with E-state index in [0.29, 0.717) is 6.54 Å². The summed E-state index contributed by atoms with van der Waals surface area (Å²) in [6.07, 6.45) is 2.07. The number of rotatable bonds is 4. The maximum Gasteiger partial charge on any atom is 0.232 e. The summed E-state index contributed by atoms with van der Waals surface area (Å²) in [4.78, 5) is 13.1. The van der Waals surface area contributed by atoms with Crippen molar-refractivity contribution in [3.63, 3.8) is 0 Å². The van der Waals surface area contributed by atoms with Crippen LogP contribution < -0.4 is 10.1 Å². The number of hydrogen-bond donors (Lipinski definition) is 1. The number of ether oxygens (including phenoxy) is 1. The predicted molar refractivity (Wildman–Crippen MR) is 110 cm³/mol. The van der Waals surface area contributed by atoms with Crippen molar-refractivity contribution < 1.29 is 9.53 Å². The summed E-state index contributed by atoms with van der Waals surface area (Å²) in [5.74, 6) is 1.14. The predicted octanol–water partition coefficient (Wildman–Crippen LogP) is 4.70. The van der Waals surface area contributed by atoms with E-state index in [9.17, 15) is 4.79 Å². The van der Waals surface area contributed by atoms with Crippen LogP contribution in [0.3, 0.4) is 0 Å². The molecule has 0 unspecified atom stereocenters. The molecule has 5 rings (SSSR count). The fourth-order valence-electron chi connectivity index (χ4n) is 3.93. The molecule has 0 fully saturated rings. The van der Waals surface area contributed by atoms with Gasteiger partial charge >= 0.3 is 0 Å². The molecule has 1 aromatic heterocycles. The van der Waals surface area contributed by atoms with Gasteiger partial charge in [-0.25, -0.2) is 0 Å². The average Bonchev–Trinajstić information content (AvgIpc) is 3.15. The van der Waals surface area contributed by atoms with Crippen molar-refractivity contribution in [2.75, 3.05) is 6.54 Å². The van der Waals surface area contributed by atoms with Gasteiger partial charge in [0.25, 0.3) is 0 Å². The summed E-state index contributed by atoms with van der Waals surface area (Å²) in [6, 6.07) is 25.9. The maximum atomic E-state index is 13.1. The molecule has 28 heavy (non-hydrogen) atoms. The summed E-state index contributed by atoms with van der Waals surface area (Å²) in [7, 11) is 0. The number of para-hydroxylation sites is 3. The molecule has 1 aliphatic rings. The third kappa shape index (κ3) is 2.83. The van der Waals surface area contributed by atoms with Crippen molar-refractivity contribution >= 4 is 16.8 Å². The summed E-state index contributed by atoms with van der Waals surface area (Å²) >= 11 is 0. The van der Waals surface area contributed by atoms with Gasteiger partial charge in [0.05, 0.1) is 5.92 Å². The second-order valence-corrected chi connectivity index (χ2v) is 6.97. The van der Waals surface area contributed by atoms with Crippen LogP contribution in [0, 0.1) is 0 Å². The van der Waals surface area contributed by atoms with Crippen molar-refractivity contribution in [1.29, 1.82) is 0 Å². The number of hydrogen-bond acceptors (Lipinski definition) is 2. The standard InChI is InChI=1S/C24H20N2O2/c27-24(25-14-16-26-15-13-17-7-1-4-10-20(17)26)23-18-8-2-5-11-21(18)28-22-12-6-3-9-19(22)23/h1-13,15,23H,14,16H2,(H,25,27). The van der Waals surface area contributed by atoms with Gasteiger partial charge in [-0.05, 0) is 29.7 Å². The summed E-state index contributed by atoms with van der Waals surface area (Å²) in [5.41, 5.74) is 2.99. The Balaban J connectivity index is 1.37. The van der Waals surface area contributed by atoms with E-state index in [-0.39, 0.29) is 11.8 Å². The third-order valence-electron chi connectivity index (χ3n) is 5.27. The number of amides is 1. The van der Waals surface area contributed by atoms with Crippen molar-refractivity contribution in [3.05, 3.63) is 96.2 Å². The Morgan fingerprint density at radius 2 is 1.50 bits per heavy atom. The molecule has 4 nitrogen and oxygen atoms in total. The van der Waals surface area contributed by atoms with Crippen LogP contribution in [0.25, 0.3) is 10.9 Å². The second kappa shape index (κ2) is 6.89. The molecule has 0 radical (unpaired) electrons. The quantitative estimate of drug-likeness (QED) is 0.568. The first-order valence-corrected chi connectivity index (χ1v) is 9.48. The molecule has 4 heteroatoms. The molecule has 138 valence electrons. The number of nitrogens with one attached hydrogen (secondary N) is 1. The average molecular weight is 368 g/mol. The van der Waals surface area contributed by atoms with E-state index in [1.54, 1.807) is 0 Å². The highest BCUT2D eigenvalue weighted by molar-refractivity contribution is 5.89. The molecule has 1 amide bonds. The number of benzene rings is 3. The largest absolute Gasteiger partial charge is 0.457 e. The summed E-state index contributed by atoms with van der Waals surface area (Å²) in [5, 5.41) is 4.33. The van der Waals surface area contributed by atoms with Gasteiger partial charge < -0.3 is 14.6 Å². The Hall–Kier alpha value is -3.53. The minimum atomic E-state index is -0.359. The highest BCUT2D eigenvalue weighted by Crippen LogP contribution is 2.43. The van der Waals surface area contributed by atoms with Crippen LogP contribution in [-0.4, -0.2) is 17.0 Å². The fraction of sp³-hybridized carbons (Fsp3) is 0.125. The zero-order valence-electron chi connectivity index (χ0n) is 15.3. The van der Waals surface area contributed by atoms with Gasteiger partial charge in [-0.15, -0.1) is 0 Å². The van der Waals surface area contributed by atoms with Crippen LogP contribution in [0.4, 0.5) is 0 Å². The highest BCUT2D eigenvalue weighted by atomic mass is 16.5. The Morgan fingerprint density at radius 3 is 2.25 bits per heavy atom. The van der Waals surface area contributed by atoms with Gasteiger partial charge in [-0.2, -0.15) is 0 Å². The van der Waals surface area contributed by atoms with Gasteiger partial charge in [0.1, 0.15) is 11.5 Å². The Kier molecular flexibility index (Phi) is 4.09. The number of nitrogens with zero attached hydrogens (tertiary/aromatic N) is 1. The van der Waals surface area contributed by atoms with E-state index >= 15 is 0 Å². The van der Waals surface area contributed by atoms with E-state index in [1.807, 2.05) is 60.7 Å². The fourth-order valence-corrected chi connectivity index (χ4v) is 3.93. The van der Waals surface area contributed by atoms with Gasteiger partial charge in [-0.3, -0.25) is 4.79 Å². The van der Waals surface area contributed by atoms with Crippen LogP contribution in [0.1, 0.15) is 17.0 Å². The molecule has 4 aromatic rings. The number of carbonyl (C=O) groups is 1. The Bertz CT molecular complexity index is 1120. The lowest BCUT2D eigenvalue weighted by molar-refractivity contribution is -0.121. The van der Waals surface area contributed by atoms with Crippen LogP contribution in [0.2, 0.25) is 0 Å². The SMILES string of the molecule is O=C(NCCn1ccc2ccccc21)C1c2ccccc2Oc2ccccc21. The molecule has 1 aliphatic heterocycles. The molecular formula is C24H20N2O2. The van der Waals surface area contributed by atoms with Crippen molar-refractivity contribution in [2.24, 2.45) is 0 Å². The van der Waals surface area contributed by atoms with Crippen LogP contribution in [-0.2, 0) is 11.3 Å². The minimum absolute atomic E-state index is 0.000313. The zero-order valence-corrected chi connectivity index (χ0v) is 15.3. The lowest BCUT2D eigenvalue weighted by Gasteiger charge is -2.27. The molecule has 2 heterocycles. The lowest BCUT2D eigenvalue weighted by Crippen LogP contribution is -2.33. The van der Waals surface area contributed by atoms with Gasteiger partial charge in [0.2, 0.25) is 5.91 Å². The summed E-state index contributed by atoms with van der Waals surface area (Å²) < 4.78 is 8.15. The molecular weight excluding hydrogens is 348 g/mol. The van der Waals surface area contributed by atoms with Crippen LogP contribution in [0.5, 0.6) is 11.5 Å². The smallest absolute Gasteiger partial charge is 0.232 e. The Labute approximate surface area is 163 Å². The topological polar surface area (TPSA) is 43.3 Å². The van der Waals surface area contributed by atoms with E-state index in [1.165, 1.54) is 10.9 Å². The minimum Gasteiger partial charge on any atom is -0.457 e. The molecule has 0 saturated carbocycles. The highest BCUT2D eigenvalue weighted by Gasteiger charge is 2.32. The zero-order chi connectivity index (χ0) is 18.9. The summed E-state index contributed by atoms with van der Waals surface area (Å²) in [6.45, 7) is 1.30. The molecule has 0 saturated heterocycles. The van der Waals surface area contributed by atoms with E-state index < -0.39 is 0 Å². The molecule has 0 bridgehead atoms. The molecule has 1 N–H and O–H groups in total. The first kappa shape index (κ1) is 16.6. The van der Waals surface area contributed by atoms with Gasteiger partial charge in [-0.1, -0.05) is 54.6 Å². The third-order valence-corrected chi connectivity index (χ3v) is 5.27. The maximum absolute atomic E-state index is 13.1. The van der Waals surface area contributed by atoms with Gasteiger partial charge in [0, 0.05) is 35.9 Å². The van der Waals surface area contributed by atoms with Crippen molar-refractivity contribution in [1.82, 2.24) is 9.88 Å². The number of fused-ring (bicyclic) bond motifs is 3. The Morgan fingerprint density at radius 1 is 0.857 bits per heavy atom. The number of aromatic nitrogens is 1. The first-order valence-electron chi connectivity index (χ1n) is 9.48. The van der Waals surface area contributed by atoms with Crippen LogP contribution >= 0.6 is 0 Å². The monoisotopic (exact) mass is 368 g/mol. The molecule has 0 atom stereocenters.